The van der Waals surface area contributed by atoms with E-state index in [-0.39, 0.29) is 11.7 Å². The molecule has 0 spiro atoms. The molecule has 4 heterocycles. The van der Waals surface area contributed by atoms with E-state index in [9.17, 15) is 17.4 Å². The summed E-state index contributed by atoms with van der Waals surface area (Å²) in [6.07, 6.45) is 2.82. The second-order valence-electron chi connectivity index (χ2n) is 7.65. The standard InChI is InChI=1S/C19H21F3N6OS/c1-30(23,29)12-13-3-2-8-27(10-13)17-6-7-24-18(26-17)15-9-25-16-5-4-14(11-28(15)16)19(20,21)22/h4-7,9,11,13,23H,2-3,8,10,12H2,1H3/t13-,30?/m0/s1. The van der Waals surface area contributed by atoms with Crippen molar-refractivity contribution >= 4 is 21.2 Å². The lowest BCUT2D eigenvalue weighted by molar-refractivity contribution is -0.137. The average molecular weight is 438 g/mol. The Balaban J connectivity index is 1.65. The van der Waals surface area contributed by atoms with Crippen molar-refractivity contribution in [2.45, 2.75) is 19.0 Å². The number of pyridine rings is 1. The van der Waals surface area contributed by atoms with Crippen LogP contribution in [0.15, 0.2) is 36.8 Å². The van der Waals surface area contributed by atoms with Gasteiger partial charge in [0.2, 0.25) is 0 Å². The Morgan fingerprint density at radius 2 is 2.07 bits per heavy atom. The van der Waals surface area contributed by atoms with Crippen molar-refractivity contribution in [2.75, 3.05) is 30.0 Å². The number of halogens is 3. The van der Waals surface area contributed by atoms with E-state index in [0.717, 1.165) is 31.6 Å². The van der Waals surface area contributed by atoms with Crippen LogP contribution in [0.1, 0.15) is 18.4 Å². The first-order valence-electron chi connectivity index (χ1n) is 9.44. The molecule has 7 nitrogen and oxygen atoms in total. The number of piperidine rings is 1. The Hall–Kier alpha value is -2.69. The molecule has 1 unspecified atom stereocenters. The summed E-state index contributed by atoms with van der Waals surface area (Å²) in [4.78, 5) is 15.0. The molecule has 1 aliphatic rings. The Morgan fingerprint density at radius 3 is 2.80 bits per heavy atom. The number of anilines is 1. The molecule has 1 N–H and O–H groups in total. The van der Waals surface area contributed by atoms with Gasteiger partial charge in [0.05, 0.1) is 11.8 Å². The molecule has 0 amide bonds. The summed E-state index contributed by atoms with van der Waals surface area (Å²) in [7, 11) is -2.58. The Morgan fingerprint density at radius 1 is 1.27 bits per heavy atom. The highest BCUT2D eigenvalue weighted by Gasteiger charge is 2.31. The third-order valence-electron chi connectivity index (χ3n) is 5.10. The van der Waals surface area contributed by atoms with Gasteiger partial charge in [0.15, 0.2) is 5.82 Å². The molecule has 1 saturated heterocycles. The normalized spacial score (nSPS) is 19.7. The van der Waals surface area contributed by atoms with Crippen molar-refractivity contribution in [2.24, 2.45) is 5.92 Å². The minimum atomic E-state index is -4.46. The lowest BCUT2D eigenvalue weighted by Crippen LogP contribution is -2.38. The molecule has 3 aromatic heterocycles. The molecule has 4 rings (SSSR count). The van der Waals surface area contributed by atoms with E-state index in [1.807, 2.05) is 0 Å². The van der Waals surface area contributed by atoms with Gasteiger partial charge >= 0.3 is 6.18 Å². The zero-order chi connectivity index (χ0) is 21.5. The molecule has 0 aliphatic carbocycles. The summed E-state index contributed by atoms with van der Waals surface area (Å²) < 4.78 is 60.2. The molecule has 11 heteroatoms. The van der Waals surface area contributed by atoms with E-state index in [0.29, 0.717) is 29.5 Å². The van der Waals surface area contributed by atoms with Gasteiger partial charge in [0.1, 0.15) is 17.2 Å². The fraction of sp³-hybridized carbons (Fsp3) is 0.421. The largest absolute Gasteiger partial charge is 0.417 e. The number of rotatable bonds is 4. The van der Waals surface area contributed by atoms with Crippen LogP contribution < -0.4 is 4.90 Å². The molecule has 30 heavy (non-hydrogen) atoms. The van der Waals surface area contributed by atoms with Gasteiger partial charge in [-0.2, -0.15) is 13.2 Å². The summed E-state index contributed by atoms with van der Waals surface area (Å²) in [6.45, 7) is 1.40. The van der Waals surface area contributed by atoms with E-state index in [4.69, 9.17) is 4.78 Å². The number of nitrogens with zero attached hydrogens (tertiary/aromatic N) is 5. The topological polar surface area (TPSA) is 87.2 Å². The number of hydrogen-bond donors (Lipinski definition) is 1. The fourth-order valence-electron chi connectivity index (χ4n) is 3.82. The Bertz CT molecular complexity index is 1170. The van der Waals surface area contributed by atoms with Gasteiger partial charge in [0, 0.05) is 47.2 Å². The molecule has 2 atom stereocenters. The Labute approximate surface area is 172 Å². The first kappa shape index (κ1) is 20.6. The van der Waals surface area contributed by atoms with Gasteiger partial charge < -0.3 is 4.90 Å². The second kappa shape index (κ2) is 7.53. The van der Waals surface area contributed by atoms with Crippen molar-refractivity contribution in [1.29, 1.82) is 4.78 Å². The molecule has 1 aliphatic heterocycles. The first-order valence-corrected chi connectivity index (χ1v) is 11.6. The van der Waals surface area contributed by atoms with Gasteiger partial charge in [-0.15, -0.1) is 0 Å². The number of alkyl halides is 3. The van der Waals surface area contributed by atoms with E-state index >= 15 is 0 Å². The van der Waals surface area contributed by atoms with Gasteiger partial charge in [-0.25, -0.2) is 15.0 Å². The zero-order valence-electron chi connectivity index (χ0n) is 16.3. The summed E-state index contributed by atoms with van der Waals surface area (Å²) in [6, 6.07) is 4.06. The van der Waals surface area contributed by atoms with Gasteiger partial charge in [0.25, 0.3) is 0 Å². The maximum absolute atomic E-state index is 13.1. The van der Waals surface area contributed by atoms with Gasteiger partial charge in [-0.3, -0.25) is 13.4 Å². The van der Waals surface area contributed by atoms with Crippen LogP contribution in [0.4, 0.5) is 19.0 Å². The zero-order valence-corrected chi connectivity index (χ0v) is 17.1. The average Bonchev–Trinajstić information content (AvgIpc) is 3.09. The van der Waals surface area contributed by atoms with Crippen LogP contribution in [0, 0.1) is 10.7 Å². The molecule has 0 radical (unpaired) electrons. The monoisotopic (exact) mass is 438 g/mol. The van der Waals surface area contributed by atoms with Crippen molar-refractivity contribution in [3.63, 3.8) is 0 Å². The van der Waals surface area contributed by atoms with E-state index < -0.39 is 21.5 Å². The van der Waals surface area contributed by atoms with Crippen molar-refractivity contribution in [3.8, 4) is 11.5 Å². The summed E-state index contributed by atoms with van der Waals surface area (Å²) in [5.74, 6) is 1.41. The third-order valence-corrected chi connectivity index (χ3v) is 6.21. The molecule has 1 fully saturated rings. The Kier molecular flexibility index (Phi) is 5.16. The van der Waals surface area contributed by atoms with Crippen molar-refractivity contribution in [3.05, 3.63) is 42.4 Å². The number of imidazole rings is 1. The summed E-state index contributed by atoms with van der Waals surface area (Å²) >= 11 is 0. The quantitative estimate of drug-likeness (QED) is 0.671. The minimum absolute atomic E-state index is 0.136. The van der Waals surface area contributed by atoms with Crippen LogP contribution in [0.5, 0.6) is 0 Å². The van der Waals surface area contributed by atoms with E-state index in [1.165, 1.54) is 22.9 Å². The predicted molar refractivity (Wildman–Crippen MR) is 108 cm³/mol. The summed E-state index contributed by atoms with van der Waals surface area (Å²) in [5, 5.41) is 0. The molecule has 0 saturated carbocycles. The van der Waals surface area contributed by atoms with Gasteiger partial charge in [-0.1, -0.05) is 0 Å². The lowest BCUT2D eigenvalue weighted by atomic mass is 10.0. The minimum Gasteiger partial charge on any atom is -0.356 e. The highest BCUT2D eigenvalue weighted by Crippen LogP contribution is 2.31. The van der Waals surface area contributed by atoms with Crippen LogP contribution in [-0.2, 0) is 15.9 Å². The summed E-state index contributed by atoms with van der Waals surface area (Å²) in [5.41, 5.74) is -0.0322. The van der Waals surface area contributed by atoms with Crippen LogP contribution >= 0.6 is 0 Å². The number of aromatic nitrogens is 4. The molecule has 3 aromatic rings. The number of hydrogen-bond acceptors (Lipinski definition) is 6. The second-order valence-corrected chi connectivity index (χ2v) is 9.99. The highest BCUT2D eigenvalue weighted by molar-refractivity contribution is 7.91. The molecular formula is C19H21F3N6OS. The van der Waals surface area contributed by atoms with Crippen molar-refractivity contribution < 1.29 is 17.4 Å². The van der Waals surface area contributed by atoms with Crippen LogP contribution in [0.2, 0.25) is 0 Å². The molecular weight excluding hydrogens is 417 g/mol. The van der Waals surface area contributed by atoms with Crippen LogP contribution in [0.3, 0.4) is 0 Å². The predicted octanol–water partition coefficient (Wildman–Crippen LogP) is 3.70. The maximum atomic E-state index is 13.1. The molecule has 160 valence electrons. The highest BCUT2D eigenvalue weighted by atomic mass is 32.2. The number of nitrogens with one attached hydrogen (secondary N) is 1. The van der Waals surface area contributed by atoms with Crippen LogP contribution in [-0.4, -0.2) is 48.7 Å². The van der Waals surface area contributed by atoms with E-state index in [2.05, 4.69) is 19.9 Å². The molecule has 0 bridgehead atoms. The molecule has 0 aromatic carbocycles. The lowest BCUT2D eigenvalue weighted by Gasteiger charge is -2.33. The van der Waals surface area contributed by atoms with E-state index in [1.54, 1.807) is 12.3 Å². The first-order chi connectivity index (χ1) is 14.1. The third kappa shape index (κ3) is 4.40. The maximum Gasteiger partial charge on any atom is 0.417 e. The van der Waals surface area contributed by atoms with Crippen LogP contribution in [0.25, 0.3) is 17.2 Å². The SMILES string of the molecule is CS(=N)(=O)C[C@H]1CCCN(c2ccnc(-c3cnc4ccc(C(F)(F)F)cn34)n2)C1. The fourth-order valence-corrected chi connectivity index (χ4v) is 4.99. The van der Waals surface area contributed by atoms with Gasteiger partial charge in [-0.05, 0) is 37.0 Å². The van der Waals surface area contributed by atoms with Crippen molar-refractivity contribution in [1.82, 2.24) is 19.4 Å². The smallest absolute Gasteiger partial charge is 0.356 e. The number of fused-ring (bicyclic) bond motifs is 1.